The molecule has 0 aliphatic rings. The molecule has 86 valence electrons. The quantitative estimate of drug-likeness (QED) is 0.569. The highest BCUT2D eigenvalue weighted by atomic mass is 35.5. The summed E-state index contributed by atoms with van der Waals surface area (Å²) in [5.41, 5.74) is 1.00. The van der Waals surface area contributed by atoms with Gasteiger partial charge in [0, 0.05) is 6.92 Å². The third kappa shape index (κ3) is 2.52. The zero-order valence-electron chi connectivity index (χ0n) is 8.91. The highest BCUT2D eigenvalue weighted by Gasteiger charge is 2.08. The van der Waals surface area contributed by atoms with Crippen molar-refractivity contribution in [3.8, 4) is 11.8 Å². The number of aromatic nitrogens is 4. The van der Waals surface area contributed by atoms with Crippen LogP contribution in [0, 0.1) is 11.8 Å². The Kier molecular flexibility index (Phi) is 3.21. The summed E-state index contributed by atoms with van der Waals surface area (Å²) in [6.45, 7) is 1.69. The minimum absolute atomic E-state index is 0.130. The fourth-order valence-electron chi connectivity index (χ4n) is 1.21. The van der Waals surface area contributed by atoms with Gasteiger partial charge in [-0.3, -0.25) is 9.89 Å². The first-order valence-electron chi connectivity index (χ1n) is 4.76. The molecule has 0 spiro atoms. The van der Waals surface area contributed by atoms with E-state index in [9.17, 15) is 4.79 Å². The first kappa shape index (κ1) is 11.4. The van der Waals surface area contributed by atoms with Crippen LogP contribution in [0.5, 0.6) is 0 Å². The van der Waals surface area contributed by atoms with Gasteiger partial charge in [-0.25, -0.2) is 9.97 Å². The molecule has 17 heavy (non-hydrogen) atoms. The standard InChI is InChI=1S/C10H8ClN5O/c1-6(17)12-4-2-3-7-8-9(11)13-5-14-10(8)16-15-7/h5H,4H2,1H3,(H,12,17)(H,13,14,15,16). The van der Waals surface area contributed by atoms with Gasteiger partial charge in [-0.15, -0.1) is 0 Å². The molecule has 0 saturated heterocycles. The zero-order chi connectivity index (χ0) is 12.3. The Hall–Kier alpha value is -2.13. The predicted molar refractivity (Wildman–Crippen MR) is 62.3 cm³/mol. The Morgan fingerprint density at radius 3 is 3.18 bits per heavy atom. The molecule has 7 heteroatoms. The second kappa shape index (κ2) is 4.80. The highest BCUT2D eigenvalue weighted by molar-refractivity contribution is 6.34. The van der Waals surface area contributed by atoms with E-state index in [-0.39, 0.29) is 12.5 Å². The van der Waals surface area contributed by atoms with E-state index in [2.05, 4.69) is 37.3 Å². The topological polar surface area (TPSA) is 83.6 Å². The van der Waals surface area contributed by atoms with Crippen LogP contribution in [0.25, 0.3) is 11.0 Å². The van der Waals surface area contributed by atoms with Gasteiger partial charge in [0.2, 0.25) is 5.91 Å². The van der Waals surface area contributed by atoms with Gasteiger partial charge in [-0.1, -0.05) is 17.5 Å². The second-order valence-corrected chi connectivity index (χ2v) is 3.53. The molecule has 0 aliphatic heterocycles. The van der Waals surface area contributed by atoms with E-state index in [1.165, 1.54) is 13.3 Å². The van der Waals surface area contributed by atoms with Crippen LogP contribution < -0.4 is 5.32 Å². The molecule has 2 aromatic heterocycles. The summed E-state index contributed by atoms with van der Waals surface area (Å²) in [5, 5.41) is 10.1. The number of hydrogen-bond acceptors (Lipinski definition) is 4. The molecule has 0 atom stereocenters. The number of halogens is 1. The van der Waals surface area contributed by atoms with Gasteiger partial charge in [0.15, 0.2) is 5.65 Å². The van der Waals surface area contributed by atoms with Crippen molar-refractivity contribution in [3.63, 3.8) is 0 Å². The van der Waals surface area contributed by atoms with E-state index in [0.717, 1.165) is 0 Å². The number of amides is 1. The third-order valence-corrected chi connectivity index (χ3v) is 2.23. The third-order valence-electron chi connectivity index (χ3n) is 1.94. The van der Waals surface area contributed by atoms with Crippen LogP contribution in [0.2, 0.25) is 5.15 Å². The number of carbonyl (C=O) groups is 1. The van der Waals surface area contributed by atoms with Crippen LogP contribution in [-0.2, 0) is 4.79 Å². The van der Waals surface area contributed by atoms with Gasteiger partial charge in [0.25, 0.3) is 0 Å². The zero-order valence-corrected chi connectivity index (χ0v) is 9.67. The smallest absolute Gasteiger partial charge is 0.217 e. The maximum Gasteiger partial charge on any atom is 0.217 e. The molecule has 0 aromatic carbocycles. The molecule has 1 amide bonds. The molecular formula is C10H8ClN5O. The number of carbonyl (C=O) groups excluding carboxylic acids is 1. The van der Waals surface area contributed by atoms with Gasteiger partial charge in [-0.2, -0.15) is 5.10 Å². The van der Waals surface area contributed by atoms with Crippen molar-refractivity contribution in [2.24, 2.45) is 0 Å². The van der Waals surface area contributed by atoms with Crippen LogP contribution in [0.3, 0.4) is 0 Å². The van der Waals surface area contributed by atoms with Crippen molar-refractivity contribution < 1.29 is 4.79 Å². The average molecular weight is 250 g/mol. The van der Waals surface area contributed by atoms with Crippen LogP contribution in [0.1, 0.15) is 12.6 Å². The van der Waals surface area contributed by atoms with Gasteiger partial charge in [-0.05, 0) is 5.92 Å². The first-order chi connectivity index (χ1) is 8.18. The van der Waals surface area contributed by atoms with Crippen molar-refractivity contribution >= 4 is 28.5 Å². The fourth-order valence-corrected chi connectivity index (χ4v) is 1.43. The van der Waals surface area contributed by atoms with Crippen molar-refractivity contribution in [3.05, 3.63) is 17.2 Å². The number of aromatic amines is 1. The average Bonchev–Trinajstić information content (AvgIpc) is 2.69. The lowest BCUT2D eigenvalue weighted by atomic mass is 10.3. The van der Waals surface area contributed by atoms with E-state index in [0.29, 0.717) is 21.9 Å². The molecule has 0 aliphatic carbocycles. The van der Waals surface area contributed by atoms with Crippen LogP contribution in [0.4, 0.5) is 0 Å². The molecule has 0 unspecified atom stereocenters. The molecule has 2 heterocycles. The number of fused-ring (bicyclic) bond motifs is 1. The number of H-pyrrole nitrogens is 1. The maximum absolute atomic E-state index is 10.6. The van der Waals surface area contributed by atoms with Gasteiger partial charge in [0.05, 0.1) is 11.9 Å². The van der Waals surface area contributed by atoms with E-state index in [4.69, 9.17) is 11.6 Å². The van der Waals surface area contributed by atoms with Crippen LogP contribution >= 0.6 is 11.6 Å². The summed E-state index contributed by atoms with van der Waals surface area (Å²) in [7, 11) is 0. The molecule has 2 N–H and O–H groups in total. The largest absolute Gasteiger partial charge is 0.345 e. The lowest BCUT2D eigenvalue weighted by molar-refractivity contribution is -0.118. The first-order valence-corrected chi connectivity index (χ1v) is 5.14. The van der Waals surface area contributed by atoms with Gasteiger partial charge in [0.1, 0.15) is 17.2 Å². The lowest BCUT2D eigenvalue weighted by Gasteiger charge is -1.92. The Labute approximate surface area is 102 Å². The molecule has 0 radical (unpaired) electrons. The van der Waals surface area contributed by atoms with Crippen LogP contribution in [-0.4, -0.2) is 32.6 Å². The van der Waals surface area contributed by atoms with Crippen molar-refractivity contribution in [2.75, 3.05) is 6.54 Å². The normalized spacial score (nSPS) is 9.76. The van der Waals surface area contributed by atoms with Crippen molar-refractivity contribution in [1.29, 1.82) is 0 Å². The minimum atomic E-state index is -0.130. The second-order valence-electron chi connectivity index (χ2n) is 3.17. The Balaban J connectivity index is 2.27. The molecule has 6 nitrogen and oxygen atoms in total. The molecule has 2 aromatic rings. The number of hydrogen-bond donors (Lipinski definition) is 2. The Morgan fingerprint density at radius 1 is 1.59 bits per heavy atom. The minimum Gasteiger partial charge on any atom is -0.345 e. The van der Waals surface area contributed by atoms with Gasteiger partial charge >= 0.3 is 0 Å². The van der Waals surface area contributed by atoms with E-state index in [1.54, 1.807) is 0 Å². The van der Waals surface area contributed by atoms with Crippen LogP contribution in [0.15, 0.2) is 6.33 Å². The van der Waals surface area contributed by atoms with E-state index >= 15 is 0 Å². The summed E-state index contributed by atoms with van der Waals surface area (Å²) in [5.74, 6) is 5.46. The molecule has 0 bridgehead atoms. The molecule has 0 fully saturated rings. The SMILES string of the molecule is CC(=O)NCC#Cc1[nH]nc2ncnc(Cl)c12. The van der Waals surface area contributed by atoms with Crippen molar-refractivity contribution in [1.82, 2.24) is 25.5 Å². The molecular weight excluding hydrogens is 242 g/mol. The van der Waals surface area contributed by atoms with E-state index < -0.39 is 0 Å². The summed E-state index contributed by atoms with van der Waals surface area (Å²) >= 11 is 5.92. The summed E-state index contributed by atoms with van der Waals surface area (Å²) < 4.78 is 0. The summed E-state index contributed by atoms with van der Waals surface area (Å²) in [6, 6.07) is 0. The fraction of sp³-hybridized carbons (Fsp3) is 0.200. The molecule has 0 saturated carbocycles. The lowest BCUT2D eigenvalue weighted by Crippen LogP contribution is -2.19. The highest BCUT2D eigenvalue weighted by Crippen LogP contribution is 2.19. The predicted octanol–water partition coefficient (Wildman–Crippen LogP) is 0.494. The van der Waals surface area contributed by atoms with Gasteiger partial charge < -0.3 is 5.32 Å². The summed E-state index contributed by atoms with van der Waals surface area (Å²) in [6.07, 6.45) is 1.33. The molecule has 2 rings (SSSR count). The monoisotopic (exact) mass is 249 g/mol. The maximum atomic E-state index is 10.6. The number of rotatable bonds is 1. The Bertz CT molecular complexity index is 624. The van der Waals surface area contributed by atoms with E-state index in [1.807, 2.05) is 0 Å². The number of nitrogens with zero attached hydrogens (tertiary/aromatic N) is 3. The summed E-state index contributed by atoms with van der Waals surface area (Å²) in [4.78, 5) is 18.4. The van der Waals surface area contributed by atoms with Crippen molar-refractivity contribution in [2.45, 2.75) is 6.92 Å². The number of nitrogens with one attached hydrogen (secondary N) is 2. The Morgan fingerprint density at radius 2 is 2.41 bits per heavy atom.